The second-order valence-electron chi connectivity index (χ2n) is 5.46. The van der Waals surface area contributed by atoms with Crippen molar-refractivity contribution in [1.82, 2.24) is 9.78 Å². The van der Waals surface area contributed by atoms with Crippen LogP contribution in [0.15, 0.2) is 42.7 Å². The highest BCUT2D eigenvalue weighted by molar-refractivity contribution is 14.1. The quantitative estimate of drug-likeness (QED) is 0.593. The topological polar surface area (TPSA) is 27.1 Å². The Balaban J connectivity index is 1.70. The average Bonchev–Trinajstić information content (AvgIpc) is 2.87. The molecule has 106 valence electrons. The predicted molar refractivity (Wildman–Crippen MR) is 88.1 cm³/mol. The van der Waals surface area contributed by atoms with E-state index in [9.17, 15) is 0 Å². The molecule has 1 aromatic carbocycles. The van der Waals surface area contributed by atoms with Gasteiger partial charge in [0.05, 0.1) is 24.9 Å². The molecule has 2 heterocycles. The molecule has 1 unspecified atom stereocenters. The van der Waals surface area contributed by atoms with Crippen molar-refractivity contribution in [3.63, 3.8) is 0 Å². The van der Waals surface area contributed by atoms with Gasteiger partial charge in [0.15, 0.2) is 0 Å². The number of hydrogen-bond acceptors (Lipinski definition) is 2. The fourth-order valence-corrected chi connectivity index (χ4v) is 3.88. The van der Waals surface area contributed by atoms with Crippen LogP contribution in [0, 0.1) is 0 Å². The third kappa shape index (κ3) is 3.41. The molecule has 3 nitrogen and oxygen atoms in total. The van der Waals surface area contributed by atoms with Crippen molar-refractivity contribution in [1.29, 1.82) is 0 Å². The van der Waals surface area contributed by atoms with Crippen LogP contribution in [0.25, 0.3) is 0 Å². The predicted octanol–water partition coefficient (Wildman–Crippen LogP) is 3.98. The Labute approximate surface area is 133 Å². The van der Waals surface area contributed by atoms with Crippen LogP contribution >= 0.6 is 22.6 Å². The number of alkyl halides is 1. The van der Waals surface area contributed by atoms with Crippen LogP contribution in [0.1, 0.15) is 37.0 Å². The summed E-state index contributed by atoms with van der Waals surface area (Å²) in [6.07, 6.45) is 6.85. The summed E-state index contributed by atoms with van der Waals surface area (Å²) in [6.45, 7) is 2.98. The van der Waals surface area contributed by atoms with Crippen molar-refractivity contribution in [3.8, 4) is 0 Å². The SMILES string of the molecule is C[C@@H]1CC(I)C[C@H](c2cnn(Cc3ccccc3)c2)O1. The number of rotatable bonds is 3. The Hall–Kier alpha value is -0.880. The summed E-state index contributed by atoms with van der Waals surface area (Å²) in [5, 5.41) is 4.47. The van der Waals surface area contributed by atoms with Crippen molar-refractivity contribution in [2.45, 2.75) is 42.4 Å². The number of nitrogens with zero attached hydrogens (tertiary/aromatic N) is 2. The monoisotopic (exact) mass is 382 g/mol. The number of hydrogen-bond donors (Lipinski definition) is 0. The van der Waals surface area contributed by atoms with Crippen molar-refractivity contribution in [2.75, 3.05) is 0 Å². The molecule has 0 N–H and O–H groups in total. The van der Waals surface area contributed by atoms with Gasteiger partial charge in [0.1, 0.15) is 0 Å². The molecule has 0 amide bonds. The Morgan fingerprint density at radius 2 is 2.10 bits per heavy atom. The maximum Gasteiger partial charge on any atom is 0.0869 e. The molecule has 0 bridgehead atoms. The molecule has 1 fully saturated rings. The summed E-state index contributed by atoms with van der Waals surface area (Å²) in [4.78, 5) is 0. The molecular formula is C16H19IN2O. The summed E-state index contributed by atoms with van der Waals surface area (Å²) in [5.41, 5.74) is 2.47. The first-order valence-electron chi connectivity index (χ1n) is 7.06. The number of halogens is 1. The lowest BCUT2D eigenvalue weighted by molar-refractivity contribution is -0.0368. The Morgan fingerprint density at radius 3 is 2.85 bits per heavy atom. The maximum atomic E-state index is 6.05. The highest BCUT2D eigenvalue weighted by Crippen LogP contribution is 2.34. The Kier molecular flexibility index (Phi) is 4.41. The van der Waals surface area contributed by atoms with Gasteiger partial charge in [0.25, 0.3) is 0 Å². The number of benzene rings is 1. The van der Waals surface area contributed by atoms with Gasteiger partial charge in [0.2, 0.25) is 0 Å². The summed E-state index contributed by atoms with van der Waals surface area (Å²) < 4.78 is 8.74. The summed E-state index contributed by atoms with van der Waals surface area (Å²) >= 11 is 2.53. The van der Waals surface area contributed by atoms with Gasteiger partial charge in [-0.15, -0.1) is 0 Å². The van der Waals surface area contributed by atoms with Crippen molar-refractivity contribution >= 4 is 22.6 Å². The second-order valence-corrected chi connectivity index (χ2v) is 7.22. The molecule has 2 aromatic rings. The van der Waals surface area contributed by atoms with Gasteiger partial charge in [-0.3, -0.25) is 4.68 Å². The van der Waals surface area contributed by atoms with Gasteiger partial charge >= 0.3 is 0 Å². The highest BCUT2D eigenvalue weighted by atomic mass is 127. The van der Waals surface area contributed by atoms with Gasteiger partial charge in [-0.2, -0.15) is 5.10 Å². The third-order valence-electron chi connectivity index (χ3n) is 3.67. The molecule has 0 saturated carbocycles. The summed E-state index contributed by atoms with van der Waals surface area (Å²) in [7, 11) is 0. The first kappa shape index (κ1) is 14.1. The maximum absolute atomic E-state index is 6.05. The van der Waals surface area contributed by atoms with Crippen molar-refractivity contribution in [3.05, 3.63) is 53.9 Å². The Bertz CT molecular complexity index is 545. The molecule has 20 heavy (non-hydrogen) atoms. The average molecular weight is 382 g/mol. The van der Waals surface area contributed by atoms with Crippen LogP contribution in [0.2, 0.25) is 0 Å². The van der Waals surface area contributed by atoms with Gasteiger partial charge in [-0.25, -0.2) is 0 Å². The molecule has 1 aromatic heterocycles. The molecule has 0 radical (unpaired) electrons. The first-order chi connectivity index (χ1) is 9.70. The van der Waals surface area contributed by atoms with E-state index in [2.05, 4.69) is 65.1 Å². The normalized spacial score (nSPS) is 26.6. The number of aromatic nitrogens is 2. The molecule has 3 atom stereocenters. The Morgan fingerprint density at radius 1 is 1.30 bits per heavy atom. The van der Waals surface area contributed by atoms with E-state index in [0.29, 0.717) is 10.0 Å². The van der Waals surface area contributed by atoms with Crippen LogP contribution in [-0.2, 0) is 11.3 Å². The molecule has 0 aliphatic carbocycles. The van der Waals surface area contributed by atoms with Crippen LogP contribution < -0.4 is 0 Å². The van der Waals surface area contributed by atoms with Crippen LogP contribution in [0.3, 0.4) is 0 Å². The molecular weight excluding hydrogens is 363 g/mol. The van der Waals surface area contributed by atoms with Gasteiger partial charge < -0.3 is 4.74 Å². The van der Waals surface area contributed by atoms with E-state index in [1.54, 1.807) is 0 Å². The van der Waals surface area contributed by atoms with E-state index in [0.717, 1.165) is 19.4 Å². The zero-order chi connectivity index (χ0) is 13.9. The number of ether oxygens (including phenoxy) is 1. The van der Waals surface area contributed by atoms with Crippen molar-refractivity contribution in [2.24, 2.45) is 0 Å². The van der Waals surface area contributed by atoms with E-state index in [-0.39, 0.29) is 6.10 Å². The molecule has 1 aliphatic rings. The van der Waals surface area contributed by atoms with E-state index in [1.807, 2.05) is 16.9 Å². The largest absolute Gasteiger partial charge is 0.370 e. The van der Waals surface area contributed by atoms with Crippen LogP contribution in [0.4, 0.5) is 0 Å². The third-order valence-corrected chi connectivity index (χ3v) is 4.68. The summed E-state index contributed by atoms with van der Waals surface area (Å²) in [6, 6.07) is 10.4. The second kappa shape index (κ2) is 6.26. The summed E-state index contributed by atoms with van der Waals surface area (Å²) in [5.74, 6) is 0. The smallest absolute Gasteiger partial charge is 0.0869 e. The molecule has 1 aliphatic heterocycles. The molecule has 0 spiro atoms. The van der Waals surface area contributed by atoms with E-state index in [1.165, 1.54) is 11.1 Å². The van der Waals surface area contributed by atoms with Gasteiger partial charge in [-0.1, -0.05) is 52.9 Å². The standard InChI is InChI=1S/C16H19IN2O/c1-12-7-15(17)8-16(20-12)14-9-18-19(11-14)10-13-5-3-2-4-6-13/h2-6,9,11-12,15-16H,7-8,10H2,1H3/t12-,15?,16-/m1/s1. The minimum absolute atomic E-state index is 0.199. The van der Waals surface area contributed by atoms with E-state index in [4.69, 9.17) is 4.74 Å². The van der Waals surface area contributed by atoms with E-state index >= 15 is 0 Å². The lowest BCUT2D eigenvalue weighted by Crippen LogP contribution is -2.26. The fourth-order valence-electron chi connectivity index (χ4n) is 2.70. The highest BCUT2D eigenvalue weighted by Gasteiger charge is 2.27. The molecule has 3 rings (SSSR count). The molecule has 4 heteroatoms. The van der Waals surface area contributed by atoms with Gasteiger partial charge in [0, 0.05) is 15.7 Å². The molecule has 1 saturated heterocycles. The minimum atomic E-state index is 0.199. The zero-order valence-corrected chi connectivity index (χ0v) is 13.7. The van der Waals surface area contributed by atoms with Crippen LogP contribution in [0.5, 0.6) is 0 Å². The van der Waals surface area contributed by atoms with Crippen molar-refractivity contribution < 1.29 is 4.74 Å². The first-order valence-corrected chi connectivity index (χ1v) is 8.31. The van der Waals surface area contributed by atoms with Crippen LogP contribution in [-0.4, -0.2) is 19.8 Å². The minimum Gasteiger partial charge on any atom is -0.370 e. The lowest BCUT2D eigenvalue weighted by atomic mass is 10.0. The lowest BCUT2D eigenvalue weighted by Gasteiger charge is -2.30. The van der Waals surface area contributed by atoms with E-state index < -0.39 is 0 Å². The fraction of sp³-hybridized carbons (Fsp3) is 0.438. The zero-order valence-electron chi connectivity index (χ0n) is 11.6. The van der Waals surface area contributed by atoms with Gasteiger partial charge in [-0.05, 0) is 25.3 Å².